The van der Waals surface area contributed by atoms with Gasteiger partial charge in [0.15, 0.2) is 23.6 Å². The quantitative estimate of drug-likeness (QED) is 0.298. The molecule has 1 aromatic heterocycles. The summed E-state index contributed by atoms with van der Waals surface area (Å²) in [6.07, 6.45) is -4.53. The highest BCUT2D eigenvalue weighted by atomic mass is 16.7. The molecule has 2 aliphatic rings. The van der Waals surface area contributed by atoms with E-state index in [0.29, 0.717) is 11.3 Å². The Labute approximate surface area is 252 Å². The molecule has 0 saturated carbocycles. The summed E-state index contributed by atoms with van der Waals surface area (Å²) in [5.74, 6) is -0.257. The number of primary amides is 1. The molecule has 236 valence electrons. The van der Waals surface area contributed by atoms with Gasteiger partial charge >= 0.3 is 11.7 Å². The third kappa shape index (κ3) is 5.77. The summed E-state index contributed by atoms with van der Waals surface area (Å²) in [5.41, 5.74) is 3.86. The molecule has 1 fully saturated rings. The first-order valence-electron chi connectivity index (χ1n) is 14.1. The normalized spacial score (nSPS) is 23.7. The molecule has 44 heavy (non-hydrogen) atoms. The zero-order valence-electron chi connectivity index (χ0n) is 25.3. The van der Waals surface area contributed by atoms with E-state index in [4.69, 9.17) is 33.8 Å². The van der Waals surface area contributed by atoms with Crippen LogP contribution in [0, 0.1) is 6.92 Å². The maximum Gasteiger partial charge on any atom is 0.404 e. The lowest BCUT2D eigenvalue weighted by Gasteiger charge is -2.47. The monoisotopic (exact) mass is 612 g/mol. The van der Waals surface area contributed by atoms with Crippen molar-refractivity contribution in [3.8, 4) is 17.2 Å². The van der Waals surface area contributed by atoms with Crippen LogP contribution in [0.4, 0.5) is 10.5 Å². The molecular weight excluding hydrogens is 576 g/mol. The summed E-state index contributed by atoms with van der Waals surface area (Å²) in [6, 6.07) is 7.90. The van der Waals surface area contributed by atoms with E-state index in [1.165, 1.54) is 19.2 Å². The van der Waals surface area contributed by atoms with Gasteiger partial charge in [-0.1, -0.05) is 0 Å². The van der Waals surface area contributed by atoms with Gasteiger partial charge in [0.05, 0.1) is 11.0 Å². The van der Waals surface area contributed by atoms with Crippen LogP contribution in [-0.4, -0.2) is 65.1 Å². The predicted molar refractivity (Wildman–Crippen MR) is 157 cm³/mol. The summed E-state index contributed by atoms with van der Waals surface area (Å²) in [4.78, 5) is 37.6. The lowest BCUT2D eigenvalue weighted by atomic mass is 9.89. The molecule has 13 heteroatoms. The van der Waals surface area contributed by atoms with E-state index in [1.807, 2.05) is 13.8 Å². The Morgan fingerprint density at radius 2 is 1.86 bits per heavy atom. The lowest BCUT2D eigenvalue weighted by molar-refractivity contribution is -0.304. The molecule has 2 amide bonds. The van der Waals surface area contributed by atoms with E-state index >= 15 is 0 Å². The van der Waals surface area contributed by atoms with Gasteiger partial charge in [-0.15, -0.1) is 0 Å². The summed E-state index contributed by atoms with van der Waals surface area (Å²) in [5, 5.41) is 24.6. The number of carbonyl (C=O) groups excluding carboxylic acids is 2. The fraction of sp³-hybridized carbons (Fsp3) is 0.452. The average molecular weight is 613 g/mol. The van der Waals surface area contributed by atoms with Crippen molar-refractivity contribution in [2.24, 2.45) is 5.73 Å². The Hall–Kier alpha value is -4.33. The number of rotatable bonds is 6. The van der Waals surface area contributed by atoms with Gasteiger partial charge in [-0.25, -0.2) is 9.59 Å². The van der Waals surface area contributed by atoms with Gasteiger partial charge in [0.1, 0.15) is 28.8 Å². The third-order valence-electron chi connectivity index (χ3n) is 7.96. The SMILES string of the molecule is COC1C(OC(N)=O)C(O)C(Oc2ccc3c(O)c(NC(=O)c4ccc5c(c4)CCC(C)(C)O5)c(=O)oc3c2C)OC1(C)C. The van der Waals surface area contributed by atoms with Crippen molar-refractivity contribution in [3.63, 3.8) is 0 Å². The number of aliphatic hydroxyl groups excluding tert-OH is 1. The van der Waals surface area contributed by atoms with Gasteiger partial charge in [0.25, 0.3) is 5.91 Å². The van der Waals surface area contributed by atoms with Crippen molar-refractivity contribution >= 4 is 28.7 Å². The summed E-state index contributed by atoms with van der Waals surface area (Å²) in [6.45, 7) is 8.90. The van der Waals surface area contributed by atoms with Crippen LogP contribution in [0.3, 0.4) is 0 Å². The van der Waals surface area contributed by atoms with Gasteiger partial charge in [0.2, 0.25) is 6.29 Å². The molecule has 2 aliphatic heterocycles. The number of benzene rings is 2. The molecule has 0 aliphatic carbocycles. The number of hydrogen-bond acceptors (Lipinski definition) is 11. The minimum absolute atomic E-state index is 0.0131. The number of ether oxygens (including phenoxy) is 5. The number of hydrogen-bond donors (Lipinski definition) is 4. The van der Waals surface area contributed by atoms with E-state index < -0.39 is 59.3 Å². The number of anilines is 1. The minimum atomic E-state index is -1.50. The van der Waals surface area contributed by atoms with Crippen LogP contribution in [0.15, 0.2) is 39.5 Å². The lowest BCUT2D eigenvalue weighted by Crippen LogP contribution is -2.65. The number of amides is 2. The smallest absolute Gasteiger partial charge is 0.404 e. The molecule has 4 atom stereocenters. The molecule has 0 spiro atoms. The number of aryl methyl sites for hydroxylation is 2. The number of carbonyl (C=O) groups is 2. The fourth-order valence-electron chi connectivity index (χ4n) is 5.66. The Balaban J connectivity index is 1.41. The van der Waals surface area contributed by atoms with E-state index in [1.54, 1.807) is 39.0 Å². The van der Waals surface area contributed by atoms with Crippen LogP contribution in [0.5, 0.6) is 17.2 Å². The van der Waals surface area contributed by atoms with Crippen molar-refractivity contribution in [2.75, 3.05) is 12.4 Å². The highest BCUT2D eigenvalue weighted by molar-refractivity contribution is 6.06. The van der Waals surface area contributed by atoms with Crippen LogP contribution in [0.25, 0.3) is 11.0 Å². The van der Waals surface area contributed by atoms with Crippen molar-refractivity contribution < 1.29 is 47.9 Å². The molecule has 3 aromatic rings. The van der Waals surface area contributed by atoms with Crippen LogP contribution in [-0.2, 0) is 20.6 Å². The highest BCUT2D eigenvalue weighted by Gasteiger charge is 2.53. The second-order valence-corrected chi connectivity index (χ2v) is 12.1. The van der Waals surface area contributed by atoms with Crippen LogP contribution < -0.4 is 26.1 Å². The second kappa shape index (κ2) is 11.3. The molecule has 13 nitrogen and oxygen atoms in total. The van der Waals surface area contributed by atoms with Crippen molar-refractivity contribution in [2.45, 2.75) is 83.3 Å². The zero-order valence-corrected chi connectivity index (χ0v) is 25.3. The second-order valence-electron chi connectivity index (χ2n) is 12.1. The maximum atomic E-state index is 13.1. The van der Waals surface area contributed by atoms with Crippen LogP contribution in [0.1, 0.15) is 55.6 Å². The number of nitrogens with two attached hydrogens (primary N) is 1. The van der Waals surface area contributed by atoms with Crippen molar-refractivity contribution in [1.29, 1.82) is 0 Å². The molecule has 4 unspecified atom stereocenters. The first-order valence-corrected chi connectivity index (χ1v) is 14.1. The fourth-order valence-corrected chi connectivity index (χ4v) is 5.66. The summed E-state index contributed by atoms with van der Waals surface area (Å²) in [7, 11) is 1.38. The molecule has 2 aromatic carbocycles. The van der Waals surface area contributed by atoms with Crippen LogP contribution >= 0.6 is 0 Å². The van der Waals surface area contributed by atoms with E-state index in [-0.39, 0.29) is 27.9 Å². The predicted octanol–water partition coefficient (Wildman–Crippen LogP) is 3.52. The number of nitrogens with one attached hydrogen (secondary N) is 1. The molecule has 5 rings (SSSR count). The Kier molecular flexibility index (Phi) is 7.99. The molecule has 0 radical (unpaired) electrons. The molecule has 5 N–H and O–H groups in total. The van der Waals surface area contributed by atoms with Gasteiger partial charge < -0.3 is 49.4 Å². The standard InChI is InChI=1S/C31H36N2O11/c1-14-18(40-28-22(35)24(42-29(32)38)25(39-6)31(4,5)44-28)10-8-17-21(34)20(27(37)41-23(14)17)33-26(36)16-7-9-19-15(13-16)11-12-30(2,3)43-19/h7-10,13,22,24-25,28,34-35H,11-12H2,1-6H3,(H2,32,38)(H,33,36). The highest BCUT2D eigenvalue weighted by Crippen LogP contribution is 2.39. The first kappa shape index (κ1) is 31.1. The number of methoxy groups -OCH3 is 1. The van der Waals surface area contributed by atoms with Gasteiger partial charge in [-0.3, -0.25) is 4.79 Å². The Bertz CT molecular complexity index is 1680. The number of fused-ring (bicyclic) bond motifs is 2. The topological polar surface area (TPSA) is 189 Å². The van der Waals surface area contributed by atoms with E-state index in [2.05, 4.69) is 5.32 Å². The van der Waals surface area contributed by atoms with Crippen LogP contribution in [0.2, 0.25) is 0 Å². The van der Waals surface area contributed by atoms with Crippen molar-refractivity contribution in [1.82, 2.24) is 0 Å². The molecule has 0 bridgehead atoms. The Morgan fingerprint density at radius 3 is 2.55 bits per heavy atom. The zero-order chi connectivity index (χ0) is 32.1. The number of aromatic hydroxyl groups is 1. The van der Waals surface area contributed by atoms with Gasteiger partial charge in [-0.05, 0) is 83.4 Å². The largest absolute Gasteiger partial charge is 0.505 e. The molecular formula is C31H36N2O11. The maximum absolute atomic E-state index is 13.1. The molecule has 3 heterocycles. The Morgan fingerprint density at radius 1 is 1.14 bits per heavy atom. The van der Waals surface area contributed by atoms with Gasteiger partial charge in [-0.2, -0.15) is 0 Å². The van der Waals surface area contributed by atoms with E-state index in [0.717, 1.165) is 18.4 Å². The number of aliphatic hydroxyl groups is 1. The van der Waals surface area contributed by atoms with Gasteiger partial charge in [0, 0.05) is 18.2 Å². The first-order chi connectivity index (χ1) is 20.6. The average Bonchev–Trinajstić information content (AvgIpc) is 2.94. The molecule has 1 saturated heterocycles. The third-order valence-corrected chi connectivity index (χ3v) is 7.96. The summed E-state index contributed by atoms with van der Waals surface area (Å²) >= 11 is 0. The summed E-state index contributed by atoms with van der Waals surface area (Å²) < 4.78 is 33.9. The van der Waals surface area contributed by atoms with Crippen molar-refractivity contribution in [3.05, 3.63) is 57.4 Å². The minimum Gasteiger partial charge on any atom is -0.505 e. The van der Waals surface area contributed by atoms with E-state index in [9.17, 15) is 24.6 Å².